The highest BCUT2D eigenvalue weighted by Gasteiger charge is 2.11. The standard InChI is InChI=1S/C9H10N2OS/c1-5(12)8-6(10)4-11-7-2-3-13-9(7)8/h2-5,12H,10H2,1H3. The van der Waals surface area contributed by atoms with Gasteiger partial charge in [-0.1, -0.05) is 0 Å². The Balaban J connectivity index is 2.80. The van der Waals surface area contributed by atoms with Gasteiger partial charge in [0.25, 0.3) is 0 Å². The third-order valence-corrected chi connectivity index (χ3v) is 2.90. The van der Waals surface area contributed by atoms with Crippen LogP contribution in [0.15, 0.2) is 17.6 Å². The summed E-state index contributed by atoms with van der Waals surface area (Å²) in [5, 5.41) is 11.5. The lowest BCUT2D eigenvalue weighted by Crippen LogP contribution is -1.99. The lowest BCUT2D eigenvalue weighted by atomic mass is 10.1. The van der Waals surface area contributed by atoms with Gasteiger partial charge in [-0.15, -0.1) is 11.3 Å². The van der Waals surface area contributed by atoms with Crippen LogP contribution in [0.5, 0.6) is 0 Å². The minimum Gasteiger partial charge on any atom is -0.397 e. The number of nitrogens with two attached hydrogens (primary N) is 1. The average molecular weight is 194 g/mol. The number of nitrogen functional groups attached to an aromatic ring is 1. The van der Waals surface area contributed by atoms with Crippen LogP contribution < -0.4 is 5.73 Å². The Morgan fingerprint density at radius 1 is 1.62 bits per heavy atom. The molecule has 1 unspecified atom stereocenters. The molecule has 3 N–H and O–H groups in total. The quantitative estimate of drug-likeness (QED) is 0.729. The minimum atomic E-state index is -0.538. The average Bonchev–Trinajstić information content (AvgIpc) is 2.50. The van der Waals surface area contributed by atoms with E-state index in [0.717, 1.165) is 15.8 Å². The highest BCUT2D eigenvalue weighted by atomic mass is 32.1. The van der Waals surface area contributed by atoms with Crippen molar-refractivity contribution in [2.45, 2.75) is 13.0 Å². The van der Waals surface area contributed by atoms with Gasteiger partial charge in [-0.3, -0.25) is 4.98 Å². The molecule has 2 aromatic heterocycles. The van der Waals surface area contributed by atoms with Gasteiger partial charge in [0.2, 0.25) is 0 Å². The van der Waals surface area contributed by atoms with E-state index in [-0.39, 0.29) is 0 Å². The predicted molar refractivity (Wildman–Crippen MR) is 54.7 cm³/mol. The van der Waals surface area contributed by atoms with E-state index in [0.29, 0.717) is 5.69 Å². The van der Waals surface area contributed by atoms with Crippen LogP contribution in [-0.4, -0.2) is 10.1 Å². The number of aliphatic hydroxyl groups excluding tert-OH is 1. The van der Waals surface area contributed by atoms with Crippen molar-refractivity contribution in [3.63, 3.8) is 0 Å². The zero-order chi connectivity index (χ0) is 9.42. The second-order valence-electron chi connectivity index (χ2n) is 2.94. The number of anilines is 1. The van der Waals surface area contributed by atoms with Gasteiger partial charge in [0.05, 0.1) is 28.2 Å². The molecule has 0 aliphatic carbocycles. The van der Waals surface area contributed by atoms with E-state index in [1.54, 1.807) is 24.5 Å². The molecule has 0 spiro atoms. The van der Waals surface area contributed by atoms with Gasteiger partial charge in [0.1, 0.15) is 0 Å². The third-order valence-electron chi connectivity index (χ3n) is 1.96. The summed E-state index contributed by atoms with van der Waals surface area (Å²) in [5.41, 5.74) is 7.98. The van der Waals surface area contributed by atoms with E-state index in [4.69, 9.17) is 5.73 Å². The van der Waals surface area contributed by atoms with E-state index in [2.05, 4.69) is 4.98 Å². The normalized spacial score (nSPS) is 13.4. The lowest BCUT2D eigenvalue weighted by Gasteiger charge is -2.08. The second-order valence-corrected chi connectivity index (χ2v) is 3.85. The number of aliphatic hydroxyl groups is 1. The lowest BCUT2D eigenvalue weighted by molar-refractivity contribution is 0.202. The zero-order valence-electron chi connectivity index (χ0n) is 7.19. The van der Waals surface area contributed by atoms with Crippen LogP contribution in [0.25, 0.3) is 10.2 Å². The van der Waals surface area contributed by atoms with Gasteiger partial charge in [-0.25, -0.2) is 0 Å². The summed E-state index contributed by atoms with van der Waals surface area (Å²) in [5.74, 6) is 0. The van der Waals surface area contributed by atoms with Gasteiger partial charge in [0.15, 0.2) is 0 Å². The van der Waals surface area contributed by atoms with Crippen molar-refractivity contribution in [1.82, 2.24) is 4.98 Å². The first-order valence-electron chi connectivity index (χ1n) is 4.00. The summed E-state index contributed by atoms with van der Waals surface area (Å²) in [4.78, 5) is 4.16. The van der Waals surface area contributed by atoms with E-state index >= 15 is 0 Å². The first-order chi connectivity index (χ1) is 6.20. The number of pyridine rings is 1. The van der Waals surface area contributed by atoms with Crippen LogP contribution in [0.4, 0.5) is 5.69 Å². The van der Waals surface area contributed by atoms with Crippen molar-refractivity contribution in [3.8, 4) is 0 Å². The largest absolute Gasteiger partial charge is 0.397 e. The molecular weight excluding hydrogens is 184 g/mol. The number of nitrogens with zero attached hydrogens (tertiary/aromatic N) is 1. The smallest absolute Gasteiger partial charge is 0.0815 e. The molecule has 0 fully saturated rings. The van der Waals surface area contributed by atoms with Gasteiger partial charge >= 0.3 is 0 Å². The van der Waals surface area contributed by atoms with Crippen LogP contribution in [0.1, 0.15) is 18.6 Å². The highest BCUT2D eigenvalue weighted by Crippen LogP contribution is 2.31. The Bertz CT molecular complexity index is 436. The van der Waals surface area contributed by atoms with E-state index < -0.39 is 6.10 Å². The molecule has 2 heterocycles. The summed E-state index contributed by atoms with van der Waals surface area (Å²) in [7, 11) is 0. The number of rotatable bonds is 1. The molecular formula is C9H10N2OS. The Morgan fingerprint density at radius 2 is 2.38 bits per heavy atom. The molecule has 4 heteroatoms. The summed E-state index contributed by atoms with van der Waals surface area (Å²) in [6, 6.07) is 1.92. The number of hydrogen-bond acceptors (Lipinski definition) is 4. The van der Waals surface area contributed by atoms with E-state index in [1.165, 1.54) is 0 Å². The molecule has 2 rings (SSSR count). The van der Waals surface area contributed by atoms with Crippen molar-refractivity contribution >= 4 is 27.2 Å². The molecule has 68 valence electrons. The summed E-state index contributed by atoms with van der Waals surface area (Å²) in [6.07, 6.45) is 1.06. The molecule has 13 heavy (non-hydrogen) atoms. The molecule has 3 nitrogen and oxygen atoms in total. The molecule has 0 bridgehead atoms. The maximum Gasteiger partial charge on any atom is 0.0815 e. The van der Waals surface area contributed by atoms with E-state index in [9.17, 15) is 5.11 Å². The van der Waals surface area contributed by atoms with Crippen LogP contribution >= 0.6 is 11.3 Å². The van der Waals surface area contributed by atoms with Crippen LogP contribution in [0.3, 0.4) is 0 Å². The fourth-order valence-corrected chi connectivity index (χ4v) is 2.37. The van der Waals surface area contributed by atoms with Crippen molar-refractivity contribution in [3.05, 3.63) is 23.2 Å². The highest BCUT2D eigenvalue weighted by molar-refractivity contribution is 7.17. The van der Waals surface area contributed by atoms with Gasteiger partial charge in [-0.05, 0) is 18.4 Å². The first-order valence-corrected chi connectivity index (χ1v) is 4.87. The molecule has 0 saturated carbocycles. The topological polar surface area (TPSA) is 59.1 Å². The van der Waals surface area contributed by atoms with Crippen molar-refractivity contribution in [1.29, 1.82) is 0 Å². The predicted octanol–water partition coefficient (Wildman–Crippen LogP) is 1.93. The molecule has 0 aliphatic rings. The minimum absolute atomic E-state index is 0.538. The van der Waals surface area contributed by atoms with Crippen LogP contribution in [-0.2, 0) is 0 Å². The number of thiophene rings is 1. The molecule has 2 aromatic rings. The Hall–Kier alpha value is -1.13. The molecule has 0 aromatic carbocycles. The number of fused-ring (bicyclic) bond motifs is 1. The Kier molecular flexibility index (Phi) is 1.94. The SMILES string of the molecule is CC(O)c1c(N)cnc2ccsc12. The maximum atomic E-state index is 9.52. The molecule has 1 atom stereocenters. The van der Waals surface area contributed by atoms with E-state index in [1.807, 2.05) is 11.4 Å². The molecule has 0 saturated heterocycles. The molecule has 0 aliphatic heterocycles. The number of aromatic nitrogens is 1. The van der Waals surface area contributed by atoms with Crippen molar-refractivity contribution < 1.29 is 5.11 Å². The van der Waals surface area contributed by atoms with Crippen molar-refractivity contribution in [2.24, 2.45) is 0 Å². The fourth-order valence-electron chi connectivity index (χ4n) is 1.38. The monoisotopic (exact) mass is 194 g/mol. The summed E-state index contributed by atoms with van der Waals surface area (Å²) in [6.45, 7) is 1.71. The Labute approximate surface area is 79.8 Å². The van der Waals surface area contributed by atoms with Crippen LogP contribution in [0, 0.1) is 0 Å². The fraction of sp³-hybridized carbons (Fsp3) is 0.222. The third kappa shape index (κ3) is 1.28. The second kappa shape index (κ2) is 2.97. The Morgan fingerprint density at radius 3 is 3.08 bits per heavy atom. The molecule has 0 radical (unpaired) electrons. The van der Waals surface area contributed by atoms with Gasteiger partial charge in [0, 0.05) is 5.56 Å². The number of hydrogen-bond donors (Lipinski definition) is 2. The van der Waals surface area contributed by atoms with Crippen molar-refractivity contribution in [2.75, 3.05) is 5.73 Å². The maximum absolute atomic E-state index is 9.52. The first kappa shape index (κ1) is 8.47. The van der Waals surface area contributed by atoms with Gasteiger partial charge in [-0.2, -0.15) is 0 Å². The van der Waals surface area contributed by atoms with Crippen LogP contribution in [0.2, 0.25) is 0 Å². The zero-order valence-corrected chi connectivity index (χ0v) is 8.01. The molecule has 0 amide bonds. The van der Waals surface area contributed by atoms with Gasteiger partial charge < -0.3 is 10.8 Å². The summed E-state index contributed by atoms with van der Waals surface area (Å²) >= 11 is 1.55. The summed E-state index contributed by atoms with van der Waals surface area (Å²) < 4.78 is 0.981.